The maximum Gasteiger partial charge on any atom is 0.170 e. The second-order valence-corrected chi connectivity index (χ2v) is 6.04. The Balaban J connectivity index is 2.75. The van der Waals surface area contributed by atoms with Gasteiger partial charge in [-0.15, -0.1) is 0 Å². The van der Waals surface area contributed by atoms with Crippen LogP contribution in [0.2, 0.25) is 0 Å². The summed E-state index contributed by atoms with van der Waals surface area (Å²) in [5.41, 5.74) is 0.964. The van der Waals surface area contributed by atoms with Crippen LogP contribution in [0.5, 0.6) is 0 Å². The van der Waals surface area contributed by atoms with Crippen molar-refractivity contribution in [3.05, 3.63) is 32.0 Å². The Morgan fingerprint density at radius 1 is 1.40 bits per heavy atom. The van der Waals surface area contributed by atoms with E-state index in [0.717, 1.165) is 5.56 Å². The Hall–Kier alpha value is -0.220. The fourth-order valence-electron chi connectivity index (χ4n) is 1.90. The van der Waals surface area contributed by atoms with Gasteiger partial charge in [-0.3, -0.25) is 4.79 Å². The highest BCUT2D eigenvalue weighted by atomic mass is 79.9. The lowest BCUT2D eigenvalue weighted by atomic mass is 9.89. The van der Waals surface area contributed by atoms with E-state index >= 15 is 0 Å². The number of benzene rings is 1. The maximum atomic E-state index is 13.4. The third kappa shape index (κ3) is 1.58. The number of hydrogen-bond acceptors (Lipinski definition) is 1. The number of carbonyl (C=O) groups excluding carboxylic acids is 1. The number of fused-ring (bicyclic) bond motifs is 1. The van der Waals surface area contributed by atoms with E-state index in [1.54, 1.807) is 0 Å². The average molecular weight is 336 g/mol. The molecule has 0 aliphatic heterocycles. The topological polar surface area (TPSA) is 17.1 Å². The van der Waals surface area contributed by atoms with Crippen LogP contribution < -0.4 is 0 Å². The van der Waals surface area contributed by atoms with Gasteiger partial charge in [0.1, 0.15) is 5.82 Å². The Bertz CT molecular complexity index is 466. The lowest BCUT2D eigenvalue weighted by molar-refractivity contribution is 0.0862. The first kappa shape index (κ1) is 11.3. The van der Waals surface area contributed by atoms with Crippen molar-refractivity contribution in [3.8, 4) is 0 Å². The van der Waals surface area contributed by atoms with Gasteiger partial charge in [-0.1, -0.05) is 29.8 Å². The predicted octanol–water partition coefficient (Wildman–Crippen LogP) is 4.12. The molecule has 1 aromatic carbocycles. The van der Waals surface area contributed by atoms with Gasteiger partial charge in [-0.25, -0.2) is 4.39 Å². The molecule has 80 valence electrons. The van der Waals surface area contributed by atoms with Crippen LogP contribution in [-0.2, 0) is 6.42 Å². The Labute approximate surface area is 104 Å². The summed E-state index contributed by atoms with van der Waals surface area (Å²) in [7, 11) is 0. The molecule has 0 radical (unpaired) electrons. The number of carbonyl (C=O) groups is 1. The summed E-state index contributed by atoms with van der Waals surface area (Å²) in [6.07, 6.45) is 0.653. The van der Waals surface area contributed by atoms with Gasteiger partial charge >= 0.3 is 0 Å². The van der Waals surface area contributed by atoms with Crippen molar-refractivity contribution in [3.63, 3.8) is 0 Å². The van der Waals surface area contributed by atoms with Gasteiger partial charge in [-0.2, -0.15) is 0 Å². The molecular formula is C11H9Br2FO. The van der Waals surface area contributed by atoms with Crippen molar-refractivity contribution in [2.45, 2.75) is 20.3 Å². The SMILES string of the molecule is CC1(C)Cc2c(Br)cc(F)c(Br)c2C1=O. The summed E-state index contributed by atoms with van der Waals surface area (Å²) >= 11 is 6.44. The van der Waals surface area contributed by atoms with Crippen molar-refractivity contribution >= 4 is 37.6 Å². The molecule has 15 heavy (non-hydrogen) atoms. The molecule has 0 atom stereocenters. The highest BCUT2D eigenvalue weighted by Gasteiger charge is 2.40. The molecule has 2 rings (SSSR count). The summed E-state index contributed by atoms with van der Waals surface area (Å²) in [6, 6.07) is 1.40. The zero-order valence-corrected chi connectivity index (χ0v) is 11.5. The summed E-state index contributed by atoms with van der Waals surface area (Å²) in [6.45, 7) is 3.76. The van der Waals surface area contributed by atoms with E-state index < -0.39 is 11.2 Å². The highest BCUT2D eigenvalue weighted by Crippen LogP contribution is 2.43. The quantitative estimate of drug-likeness (QED) is 0.652. The van der Waals surface area contributed by atoms with Crippen LogP contribution in [0.25, 0.3) is 0 Å². The normalized spacial score (nSPS) is 18.1. The van der Waals surface area contributed by atoms with E-state index in [1.165, 1.54) is 6.07 Å². The van der Waals surface area contributed by atoms with Gasteiger partial charge < -0.3 is 0 Å². The van der Waals surface area contributed by atoms with Gasteiger partial charge in [0.25, 0.3) is 0 Å². The summed E-state index contributed by atoms with van der Waals surface area (Å²) in [5.74, 6) is -0.392. The highest BCUT2D eigenvalue weighted by molar-refractivity contribution is 9.11. The fraction of sp³-hybridized carbons (Fsp3) is 0.364. The van der Waals surface area contributed by atoms with Crippen LogP contribution >= 0.6 is 31.9 Å². The molecule has 1 aliphatic rings. The van der Waals surface area contributed by atoms with E-state index in [-0.39, 0.29) is 10.3 Å². The van der Waals surface area contributed by atoms with Crippen LogP contribution in [0.15, 0.2) is 15.0 Å². The van der Waals surface area contributed by atoms with Crippen LogP contribution in [0.4, 0.5) is 4.39 Å². The predicted molar refractivity (Wildman–Crippen MR) is 63.6 cm³/mol. The van der Waals surface area contributed by atoms with E-state index in [2.05, 4.69) is 31.9 Å². The Kier molecular flexibility index (Phi) is 2.54. The fourth-order valence-corrected chi connectivity index (χ4v) is 2.98. The Morgan fingerprint density at radius 2 is 2.00 bits per heavy atom. The molecule has 1 nitrogen and oxygen atoms in total. The van der Waals surface area contributed by atoms with Gasteiger partial charge in [0.15, 0.2) is 5.78 Å². The van der Waals surface area contributed by atoms with E-state index in [4.69, 9.17) is 0 Å². The van der Waals surface area contributed by atoms with Crippen LogP contribution in [-0.4, -0.2) is 5.78 Å². The molecule has 0 fully saturated rings. The number of Topliss-reactive ketones (excluding diaryl/α,β-unsaturated/α-hetero) is 1. The minimum atomic E-state index is -0.429. The third-order valence-corrected chi connectivity index (χ3v) is 4.22. The minimum Gasteiger partial charge on any atom is -0.294 e. The summed E-state index contributed by atoms with van der Waals surface area (Å²) in [4.78, 5) is 12.0. The molecule has 0 saturated heterocycles. The number of halogens is 3. The standard InChI is InChI=1S/C11H9Br2FO/c1-11(2)4-5-6(12)3-7(14)9(13)8(5)10(11)15/h3H,4H2,1-2H3. The van der Waals surface area contributed by atoms with Crippen LogP contribution in [0.1, 0.15) is 29.8 Å². The zero-order valence-electron chi connectivity index (χ0n) is 8.33. The molecule has 0 bridgehead atoms. The average Bonchev–Trinajstić information content (AvgIpc) is 2.36. The van der Waals surface area contributed by atoms with Gasteiger partial charge in [0.2, 0.25) is 0 Å². The third-order valence-electron chi connectivity index (χ3n) is 2.73. The van der Waals surface area contributed by atoms with Crippen LogP contribution in [0, 0.1) is 11.2 Å². The van der Waals surface area contributed by atoms with E-state index in [9.17, 15) is 9.18 Å². The van der Waals surface area contributed by atoms with Crippen molar-refractivity contribution in [2.24, 2.45) is 5.41 Å². The minimum absolute atomic E-state index is 0.00424. The molecule has 4 heteroatoms. The molecular weight excluding hydrogens is 327 g/mol. The van der Waals surface area contributed by atoms with Crippen molar-refractivity contribution in [1.29, 1.82) is 0 Å². The summed E-state index contributed by atoms with van der Waals surface area (Å²) in [5, 5.41) is 0. The molecule has 0 unspecified atom stereocenters. The second-order valence-electron chi connectivity index (χ2n) is 4.40. The van der Waals surface area contributed by atoms with E-state index in [0.29, 0.717) is 16.5 Å². The molecule has 0 amide bonds. The smallest absolute Gasteiger partial charge is 0.170 e. The molecule has 1 aromatic rings. The van der Waals surface area contributed by atoms with Gasteiger partial charge in [0, 0.05) is 15.5 Å². The first-order chi connectivity index (χ1) is 6.84. The maximum absolute atomic E-state index is 13.4. The lowest BCUT2D eigenvalue weighted by Gasteiger charge is -2.13. The number of ketones is 1. The Morgan fingerprint density at radius 3 is 2.60 bits per heavy atom. The number of hydrogen-bond donors (Lipinski definition) is 0. The van der Waals surface area contributed by atoms with Crippen LogP contribution in [0.3, 0.4) is 0 Å². The summed E-state index contributed by atoms with van der Waals surface area (Å²) < 4.78 is 14.4. The van der Waals surface area contributed by atoms with Crippen molar-refractivity contribution in [1.82, 2.24) is 0 Å². The first-order valence-electron chi connectivity index (χ1n) is 4.56. The molecule has 0 spiro atoms. The number of rotatable bonds is 0. The lowest BCUT2D eigenvalue weighted by Crippen LogP contribution is -2.19. The molecule has 0 saturated carbocycles. The monoisotopic (exact) mass is 334 g/mol. The molecule has 1 aliphatic carbocycles. The zero-order chi connectivity index (χ0) is 11.4. The molecule has 0 aromatic heterocycles. The second kappa shape index (κ2) is 3.39. The largest absolute Gasteiger partial charge is 0.294 e. The molecule has 0 N–H and O–H groups in total. The first-order valence-corrected chi connectivity index (χ1v) is 6.14. The van der Waals surface area contributed by atoms with Crippen molar-refractivity contribution in [2.75, 3.05) is 0 Å². The van der Waals surface area contributed by atoms with Gasteiger partial charge in [0.05, 0.1) is 4.47 Å². The van der Waals surface area contributed by atoms with Crippen molar-refractivity contribution < 1.29 is 9.18 Å². The molecule has 0 heterocycles. The van der Waals surface area contributed by atoms with E-state index in [1.807, 2.05) is 13.8 Å². The van der Waals surface area contributed by atoms with Gasteiger partial charge in [-0.05, 0) is 34.0 Å².